The van der Waals surface area contributed by atoms with Gasteiger partial charge in [0.2, 0.25) is 0 Å². The molecule has 0 radical (unpaired) electrons. The molecule has 0 unspecified atom stereocenters. The summed E-state index contributed by atoms with van der Waals surface area (Å²) in [6.07, 6.45) is 2.87. The molecule has 0 saturated carbocycles. The van der Waals surface area contributed by atoms with Crippen LogP contribution in [0.4, 0.5) is 4.39 Å². The lowest BCUT2D eigenvalue weighted by Crippen LogP contribution is -2.44. The highest BCUT2D eigenvalue weighted by Crippen LogP contribution is 2.07. The second-order valence-corrected chi connectivity index (χ2v) is 5.77. The monoisotopic (exact) mass is 351 g/mol. The van der Waals surface area contributed by atoms with Gasteiger partial charge in [0.25, 0.3) is 5.91 Å². The molecule has 0 aliphatic heterocycles. The van der Waals surface area contributed by atoms with Gasteiger partial charge in [-0.1, -0.05) is 26.0 Å². The summed E-state index contributed by atoms with van der Waals surface area (Å²) in [5, 5.41) is 2.47. The number of carbonyl (C=O) groups is 3. The number of methoxy groups -OCH3 is 1. The van der Waals surface area contributed by atoms with Gasteiger partial charge in [0.15, 0.2) is 6.61 Å². The Hall–Kier alpha value is -2.70. The van der Waals surface area contributed by atoms with E-state index in [0.29, 0.717) is 12.0 Å². The molecule has 0 saturated heterocycles. The molecule has 25 heavy (non-hydrogen) atoms. The molecule has 0 bridgehead atoms. The fourth-order valence-electron chi connectivity index (χ4n) is 2.02. The van der Waals surface area contributed by atoms with Crippen molar-refractivity contribution in [3.63, 3.8) is 0 Å². The van der Waals surface area contributed by atoms with Crippen molar-refractivity contribution in [1.82, 2.24) is 5.32 Å². The van der Waals surface area contributed by atoms with Crippen LogP contribution in [0.25, 0.3) is 6.08 Å². The molecule has 0 aromatic heterocycles. The van der Waals surface area contributed by atoms with Crippen molar-refractivity contribution in [1.29, 1.82) is 0 Å². The van der Waals surface area contributed by atoms with Gasteiger partial charge in [-0.2, -0.15) is 0 Å². The summed E-state index contributed by atoms with van der Waals surface area (Å²) in [4.78, 5) is 35.0. The molecule has 136 valence electrons. The number of carbonyl (C=O) groups excluding carboxylic acids is 3. The van der Waals surface area contributed by atoms with Crippen LogP contribution >= 0.6 is 0 Å². The number of ether oxygens (including phenoxy) is 2. The summed E-state index contributed by atoms with van der Waals surface area (Å²) < 4.78 is 22.4. The van der Waals surface area contributed by atoms with Gasteiger partial charge >= 0.3 is 11.9 Å². The van der Waals surface area contributed by atoms with Gasteiger partial charge in [-0.3, -0.25) is 4.79 Å². The predicted molar refractivity (Wildman–Crippen MR) is 89.8 cm³/mol. The number of hydrogen-bond donors (Lipinski definition) is 1. The van der Waals surface area contributed by atoms with E-state index in [1.165, 1.54) is 31.4 Å². The third-order valence-corrected chi connectivity index (χ3v) is 3.13. The van der Waals surface area contributed by atoms with Crippen molar-refractivity contribution in [2.45, 2.75) is 26.3 Å². The van der Waals surface area contributed by atoms with E-state index in [-0.39, 0.29) is 5.92 Å². The quantitative estimate of drug-likeness (QED) is 0.573. The van der Waals surface area contributed by atoms with E-state index in [0.717, 1.165) is 6.08 Å². The van der Waals surface area contributed by atoms with Crippen LogP contribution in [0.3, 0.4) is 0 Å². The summed E-state index contributed by atoms with van der Waals surface area (Å²) in [7, 11) is 1.24. The lowest BCUT2D eigenvalue weighted by molar-refractivity contribution is -0.148. The van der Waals surface area contributed by atoms with Crippen LogP contribution in [0.5, 0.6) is 0 Å². The molecule has 0 spiro atoms. The molecule has 6 nitrogen and oxygen atoms in total. The maximum Gasteiger partial charge on any atom is 0.331 e. The standard InChI is InChI=1S/C18H22FNO5/c1-12(2)9-15(18(23)24-3)20-16(21)11-25-17(22)8-7-13-5-4-6-14(19)10-13/h4-8,10,12,15H,9,11H2,1-3H3,(H,20,21)/b8-7+/t15-/m1/s1. The Morgan fingerprint density at radius 1 is 1.28 bits per heavy atom. The van der Waals surface area contributed by atoms with Crippen LogP contribution in [-0.2, 0) is 23.9 Å². The summed E-state index contributed by atoms with van der Waals surface area (Å²) in [6, 6.07) is 4.87. The highest BCUT2D eigenvalue weighted by atomic mass is 19.1. The lowest BCUT2D eigenvalue weighted by Gasteiger charge is -2.18. The lowest BCUT2D eigenvalue weighted by atomic mass is 10.0. The van der Waals surface area contributed by atoms with Gasteiger partial charge in [-0.05, 0) is 36.1 Å². The van der Waals surface area contributed by atoms with Crippen molar-refractivity contribution >= 4 is 23.9 Å². The molecule has 0 fully saturated rings. The van der Waals surface area contributed by atoms with E-state index in [2.05, 4.69) is 10.1 Å². The molecule has 1 amide bonds. The van der Waals surface area contributed by atoms with E-state index in [1.54, 1.807) is 6.07 Å². The minimum atomic E-state index is -0.793. The van der Waals surface area contributed by atoms with Gasteiger partial charge < -0.3 is 14.8 Å². The predicted octanol–water partition coefficient (Wildman–Crippen LogP) is 2.09. The van der Waals surface area contributed by atoms with Crippen LogP contribution in [-0.4, -0.2) is 37.6 Å². The average molecular weight is 351 g/mol. The fraction of sp³-hybridized carbons (Fsp3) is 0.389. The Balaban J connectivity index is 2.48. The van der Waals surface area contributed by atoms with Gasteiger partial charge in [0.1, 0.15) is 11.9 Å². The average Bonchev–Trinajstić information content (AvgIpc) is 2.56. The van der Waals surface area contributed by atoms with Crippen LogP contribution in [0, 0.1) is 11.7 Å². The zero-order valence-corrected chi connectivity index (χ0v) is 14.5. The third kappa shape index (κ3) is 8.10. The van der Waals surface area contributed by atoms with E-state index in [4.69, 9.17) is 4.74 Å². The molecule has 1 N–H and O–H groups in total. The van der Waals surface area contributed by atoms with E-state index < -0.39 is 36.3 Å². The zero-order valence-electron chi connectivity index (χ0n) is 14.5. The van der Waals surface area contributed by atoms with Crippen LogP contribution in [0.15, 0.2) is 30.3 Å². The first-order chi connectivity index (χ1) is 11.8. The van der Waals surface area contributed by atoms with Crippen LogP contribution < -0.4 is 5.32 Å². The summed E-state index contributed by atoms with van der Waals surface area (Å²) in [6.45, 7) is 3.27. The summed E-state index contributed by atoms with van der Waals surface area (Å²) >= 11 is 0. The Morgan fingerprint density at radius 2 is 2.00 bits per heavy atom. The molecule has 0 heterocycles. The molecule has 0 aliphatic rings. The number of nitrogens with one attached hydrogen (secondary N) is 1. The number of amides is 1. The highest BCUT2D eigenvalue weighted by Gasteiger charge is 2.22. The molecule has 7 heteroatoms. The second-order valence-electron chi connectivity index (χ2n) is 5.77. The molecule has 1 aromatic rings. The first-order valence-electron chi connectivity index (χ1n) is 7.79. The van der Waals surface area contributed by atoms with Gasteiger partial charge in [-0.25, -0.2) is 14.0 Å². The normalized spacial score (nSPS) is 12.0. The first kappa shape index (κ1) is 20.3. The van der Waals surface area contributed by atoms with Crippen molar-refractivity contribution < 1.29 is 28.2 Å². The molecular weight excluding hydrogens is 329 g/mol. The molecule has 1 rings (SSSR count). The number of halogens is 1. The third-order valence-electron chi connectivity index (χ3n) is 3.13. The summed E-state index contributed by atoms with van der Waals surface area (Å²) in [5.74, 6) is -2.17. The molecular formula is C18H22FNO5. The van der Waals surface area contributed by atoms with Crippen LogP contribution in [0.1, 0.15) is 25.8 Å². The van der Waals surface area contributed by atoms with Crippen molar-refractivity contribution in [2.75, 3.05) is 13.7 Å². The maximum absolute atomic E-state index is 13.0. The largest absolute Gasteiger partial charge is 0.467 e. The number of esters is 2. The minimum absolute atomic E-state index is 0.168. The Morgan fingerprint density at radius 3 is 2.60 bits per heavy atom. The van der Waals surface area contributed by atoms with Gasteiger partial charge in [0.05, 0.1) is 7.11 Å². The summed E-state index contributed by atoms with van der Waals surface area (Å²) in [5.41, 5.74) is 0.490. The van der Waals surface area contributed by atoms with Crippen molar-refractivity contribution in [3.8, 4) is 0 Å². The van der Waals surface area contributed by atoms with Crippen molar-refractivity contribution in [3.05, 3.63) is 41.7 Å². The maximum atomic E-state index is 13.0. The topological polar surface area (TPSA) is 81.7 Å². The highest BCUT2D eigenvalue weighted by molar-refractivity contribution is 5.90. The molecule has 1 atom stereocenters. The van der Waals surface area contributed by atoms with E-state index in [9.17, 15) is 18.8 Å². The van der Waals surface area contributed by atoms with E-state index >= 15 is 0 Å². The Labute approximate surface area is 146 Å². The van der Waals surface area contributed by atoms with Crippen molar-refractivity contribution in [2.24, 2.45) is 5.92 Å². The first-order valence-corrected chi connectivity index (χ1v) is 7.79. The molecule has 0 aliphatic carbocycles. The smallest absolute Gasteiger partial charge is 0.331 e. The Bertz CT molecular complexity index is 642. The van der Waals surface area contributed by atoms with E-state index in [1.807, 2.05) is 13.8 Å². The minimum Gasteiger partial charge on any atom is -0.467 e. The number of hydrogen-bond acceptors (Lipinski definition) is 5. The van der Waals surface area contributed by atoms with Gasteiger partial charge in [-0.15, -0.1) is 0 Å². The zero-order chi connectivity index (χ0) is 18.8. The number of benzene rings is 1. The van der Waals surface area contributed by atoms with Gasteiger partial charge in [0, 0.05) is 6.08 Å². The molecule has 1 aromatic carbocycles. The van der Waals surface area contributed by atoms with Crippen LogP contribution in [0.2, 0.25) is 0 Å². The number of rotatable bonds is 8. The SMILES string of the molecule is COC(=O)[C@@H](CC(C)C)NC(=O)COC(=O)/C=C/c1cccc(F)c1. The Kier molecular flexibility index (Phi) is 8.32. The second kappa shape index (κ2) is 10.2. The fourth-order valence-corrected chi connectivity index (χ4v) is 2.02.